The molecule has 0 aromatic heterocycles. The van der Waals surface area contributed by atoms with Crippen molar-refractivity contribution < 1.29 is 9.59 Å². The van der Waals surface area contributed by atoms with Crippen molar-refractivity contribution in [3.8, 4) is 0 Å². The summed E-state index contributed by atoms with van der Waals surface area (Å²) >= 11 is 12.1. The first-order valence-corrected chi connectivity index (χ1v) is 10.9. The second-order valence-corrected chi connectivity index (χ2v) is 8.15. The number of piperidine rings is 1. The molecule has 0 aliphatic carbocycles. The molecule has 30 heavy (non-hydrogen) atoms. The molecule has 1 heterocycles. The smallest absolute Gasteiger partial charge is 0.319 e. The number of amides is 3. The van der Waals surface area contributed by atoms with Crippen LogP contribution in [0.1, 0.15) is 25.7 Å². The average molecular weight is 449 g/mol. The van der Waals surface area contributed by atoms with Crippen LogP contribution in [0.2, 0.25) is 10.0 Å². The lowest BCUT2D eigenvalue weighted by atomic mass is 10.0. The zero-order valence-electron chi connectivity index (χ0n) is 16.7. The van der Waals surface area contributed by atoms with E-state index in [-0.39, 0.29) is 18.0 Å². The third kappa shape index (κ3) is 6.90. The number of hydrogen-bond donors (Lipinski definition) is 3. The average Bonchev–Trinajstić information content (AvgIpc) is 2.74. The number of halogens is 2. The molecule has 6 nitrogen and oxygen atoms in total. The van der Waals surface area contributed by atoms with Gasteiger partial charge in [0.05, 0.1) is 10.7 Å². The van der Waals surface area contributed by atoms with E-state index >= 15 is 0 Å². The number of urea groups is 1. The monoisotopic (exact) mass is 448 g/mol. The van der Waals surface area contributed by atoms with Crippen molar-refractivity contribution in [3.63, 3.8) is 0 Å². The molecule has 1 aliphatic rings. The molecular formula is C22H26Cl2N4O2. The molecule has 160 valence electrons. The van der Waals surface area contributed by atoms with Crippen molar-refractivity contribution in [3.05, 3.63) is 58.6 Å². The van der Waals surface area contributed by atoms with Crippen LogP contribution in [0.15, 0.2) is 48.5 Å². The van der Waals surface area contributed by atoms with Crippen molar-refractivity contribution in [2.24, 2.45) is 0 Å². The summed E-state index contributed by atoms with van der Waals surface area (Å²) in [5.74, 6) is -0.113. The fourth-order valence-electron chi connectivity index (χ4n) is 3.54. The van der Waals surface area contributed by atoms with E-state index in [4.69, 9.17) is 23.2 Å². The summed E-state index contributed by atoms with van der Waals surface area (Å²) in [7, 11) is 0. The van der Waals surface area contributed by atoms with Crippen molar-refractivity contribution in [2.75, 3.05) is 30.3 Å². The molecule has 3 N–H and O–H groups in total. The van der Waals surface area contributed by atoms with E-state index in [0.717, 1.165) is 31.5 Å². The SMILES string of the molecule is O=C(CCN1CCCCC1CNC(=O)Nc1ccccc1)Nc1cc(Cl)ccc1Cl. The minimum atomic E-state index is -0.222. The molecule has 2 aromatic rings. The van der Waals surface area contributed by atoms with Crippen LogP contribution in [0.3, 0.4) is 0 Å². The number of likely N-dealkylation sites (tertiary alicyclic amines) is 1. The number of hydrogen-bond acceptors (Lipinski definition) is 3. The van der Waals surface area contributed by atoms with Crippen LogP contribution in [-0.2, 0) is 4.79 Å². The lowest BCUT2D eigenvalue weighted by Gasteiger charge is -2.35. The summed E-state index contributed by atoms with van der Waals surface area (Å²) in [4.78, 5) is 26.8. The predicted molar refractivity (Wildman–Crippen MR) is 122 cm³/mol. The van der Waals surface area contributed by atoms with Crippen molar-refractivity contribution in [1.82, 2.24) is 10.2 Å². The third-order valence-electron chi connectivity index (χ3n) is 5.11. The standard InChI is InChI=1S/C22H26Cl2N4O2/c23-16-9-10-19(24)20(14-16)27-21(29)11-13-28-12-5-4-8-18(28)15-25-22(30)26-17-6-2-1-3-7-17/h1-3,6-7,9-10,14,18H,4-5,8,11-13,15H2,(H,27,29)(H2,25,26,30). The Labute approximate surface area is 186 Å². The van der Waals surface area contributed by atoms with Crippen LogP contribution in [0.25, 0.3) is 0 Å². The Bertz CT molecular complexity index is 863. The van der Waals surface area contributed by atoms with Gasteiger partial charge in [-0.15, -0.1) is 0 Å². The molecule has 2 aromatic carbocycles. The third-order valence-corrected chi connectivity index (χ3v) is 5.67. The van der Waals surface area contributed by atoms with E-state index in [9.17, 15) is 9.59 Å². The maximum Gasteiger partial charge on any atom is 0.319 e. The maximum absolute atomic E-state index is 12.4. The molecule has 3 rings (SSSR count). The van der Waals surface area contributed by atoms with Gasteiger partial charge >= 0.3 is 6.03 Å². The van der Waals surface area contributed by atoms with E-state index in [1.54, 1.807) is 18.2 Å². The summed E-state index contributed by atoms with van der Waals surface area (Å²) in [5, 5.41) is 9.57. The number of carbonyl (C=O) groups is 2. The number of rotatable bonds is 7. The van der Waals surface area contributed by atoms with Gasteiger partial charge in [-0.05, 0) is 49.7 Å². The van der Waals surface area contributed by atoms with Gasteiger partial charge in [-0.3, -0.25) is 9.69 Å². The lowest BCUT2D eigenvalue weighted by molar-refractivity contribution is -0.116. The summed E-state index contributed by atoms with van der Waals surface area (Å²) in [6.07, 6.45) is 3.55. The van der Waals surface area contributed by atoms with Gasteiger partial charge in [0.2, 0.25) is 5.91 Å². The van der Waals surface area contributed by atoms with Crippen LogP contribution in [0, 0.1) is 0 Å². The highest BCUT2D eigenvalue weighted by atomic mass is 35.5. The quantitative estimate of drug-likeness (QED) is 0.557. The van der Waals surface area contributed by atoms with E-state index in [2.05, 4.69) is 20.9 Å². The van der Waals surface area contributed by atoms with Gasteiger partial charge in [0.25, 0.3) is 0 Å². The molecular weight excluding hydrogens is 423 g/mol. The van der Waals surface area contributed by atoms with E-state index in [1.807, 2.05) is 30.3 Å². The topological polar surface area (TPSA) is 73.5 Å². The van der Waals surface area contributed by atoms with Crippen LogP contribution >= 0.6 is 23.2 Å². The second-order valence-electron chi connectivity index (χ2n) is 7.31. The Morgan fingerprint density at radius 3 is 2.63 bits per heavy atom. The van der Waals surface area contributed by atoms with E-state index in [1.165, 1.54) is 0 Å². The molecule has 1 unspecified atom stereocenters. The highest BCUT2D eigenvalue weighted by molar-refractivity contribution is 6.35. The van der Waals surface area contributed by atoms with E-state index < -0.39 is 0 Å². The van der Waals surface area contributed by atoms with Crippen LogP contribution in [0.4, 0.5) is 16.2 Å². The number of para-hydroxylation sites is 1. The number of anilines is 2. The molecule has 1 aliphatic heterocycles. The lowest BCUT2D eigenvalue weighted by Crippen LogP contribution is -2.48. The normalized spacial score (nSPS) is 16.7. The fourth-order valence-corrected chi connectivity index (χ4v) is 3.88. The Kier molecular flexibility index (Phi) is 8.37. The zero-order chi connectivity index (χ0) is 21.3. The predicted octanol–water partition coefficient (Wildman–Crippen LogP) is 5.00. The summed E-state index contributed by atoms with van der Waals surface area (Å²) in [5.41, 5.74) is 1.27. The van der Waals surface area contributed by atoms with Gasteiger partial charge in [0, 0.05) is 36.3 Å². The Balaban J connectivity index is 1.46. The number of carbonyl (C=O) groups excluding carboxylic acids is 2. The molecule has 1 atom stereocenters. The maximum atomic E-state index is 12.4. The Morgan fingerprint density at radius 2 is 1.83 bits per heavy atom. The molecule has 1 fully saturated rings. The highest BCUT2D eigenvalue weighted by Crippen LogP contribution is 2.25. The molecule has 0 spiro atoms. The summed E-state index contributed by atoms with van der Waals surface area (Å²) < 4.78 is 0. The number of benzene rings is 2. The summed E-state index contributed by atoms with van der Waals surface area (Å²) in [6, 6.07) is 14.3. The Morgan fingerprint density at radius 1 is 1.03 bits per heavy atom. The first kappa shape index (κ1) is 22.4. The van der Waals surface area contributed by atoms with Gasteiger partial charge in [0.15, 0.2) is 0 Å². The zero-order valence-corrected chi connectivity index (χ0v) is 18.2. The number of nitrogens with zero attached hydrogens (tertiary/aromatic N) is 1. The molecule has 3 amide bonds. The highest BCUT2D eigenvalue weighted by Gasteiger charge is 2.23. The second kappa shape index (κ2) is 11.2. The molecule has 0 saturated carbocycles. The largest absolute Gasteiger partial charge is 0.336 e. The van der Waals surface area contributed by atoms with Gasteiger partial charge in [0.1, 0.15) is 0 Å². The number of nitrogens with one attached hydrogen (secondary N) is 3. The molecule has 1 saturated heterocycles. The summed E-state index contributed by atoms with van der Waals surface area (Å²) in [6.45, 7) is 2.08. The molecule has 8 heteroatoms. The minimum Gasteiger partial charge on any atom is -0.336 e. The first-order valence-electron chi connectivity index (χ1n) is 10.1. The van der Waals surface area contributed by atoms with Crippen molar-refractivity contribution in [2.45, 2.75) is 31.7 Å². The molecule has 0 radical (unpaired) electrons. The van der Waals surface area contributed by atoms with Crippen molar-refractivity contribution in [1.29, 1.82) is 0 Å². The fraction of sp³-hybridized carbons (Fsp3) is 0.364. The molecule has 0 bridgehead atoms. The van der Waals surface area contributed by atoms with Crippen LogP contribution in [-0.4, -0.2) is 42.5 Å². The van der Waals surface area contributed by atoms with Gasteiger partial charge in [-0.25, -0.2) is 4.79 Å². The van der Waals surface area contributed by atoms with Gasteiger partial charge in [-0.1, -0.05) is 47.8 Å². The van der Waals surface area contributed by atoms with Crippen LogP contribution in [0.5, 0.6) is 0 Å². The first-order chi connectivity index (χ1) is 14.5. The van der Waals surface area contributed by atoms with E-state index in [0.29, 0.717) is 35.2 Å². The van der Waals surface area contributed by atoms with Gasteiger partial charge < -0.3 is 16.0 Å². The van der Waals surface area contributed by atoms with Gasteiger partial charge in [-0.2, -0.15) is 0 Å². The minimum absolute atomic E-state index is 0.113. The van der Waals surface area contributed by atoms with Crippen LogP contribution < -0.4 is 16.0 Å². The van der Waals surface area contributed by atoms with Crippen molar-refractivity contribution >= 4 is 46.5 Å². The Hall–Kier alpha value is -2.28.